The molecule has 0 aromatic heterocycles. The van der Waals surface area contributed by atoms with Crippen molar-refractivity contribution in [2.75, 3.05) is 14.2 Å². The number of aromatic hydroxyl groups is 2. The number of hydrogen-bond donors (Lipinski definition) is 2. The molecule has 0 unspecified atom stereocenters. The summed E-state index contributed by atoms with van der Waals surface area (Å²) in [5.74, 6) is 1.02. The third-order valence-electron chi connectivity index (χ3n) is 2.91. The summed E-state index contributed by atoms with van der Waals surface area (Å²) in [6.07, 6.45) is 3.58. The van der Waals surface area contributed by atoms with Crippen LogP contribution in [0, 0.1) is 0 Å². The second-order valence-electron chi connectivity index (χ2n) is 4.16. The van der Waals surface area contributed by atoms with E-state index < -0.39 is 0 Å². The SMILES string of the molecule is COc1cc(C=Cc2cccc(OC)c2O)ccc1O. The highest BCUT2D eigenvalue weighted by Gasteiger charge is 2.04. The molecule has 0 aliphatic heterocycles. The number of methoxy groups -OCH3 is 2. The third kappa shape index (κ3) is 2.85. The zero-order valence-electron chi connectivity index (χ0n) is 11.3. The molecule has 0 saturated heterocycles. The fourth-order valence-electron chi connectivity index (χ4n) is 1.82. The highest BCUT2D eigenvalue weighted by molar-refractivity contribution is 5.74. The van der Waals surface area contributed by atoms with Gasteiger partial charge in [0.15, 0.2) is 23.0 Å². The molecule has 0 heterocycles. The van der Waals surface area contributed by atoms with Gasteiger partial charge < -0.3 is 19.7 Å². The lowest BCUT2D eigenvalue weighted by Crippen LogP contribution is -1.85. The predicted octanol–water partition coefficient (Wildman–Crippen LogP) is 3.29. The maximum Gasteiger partial charge on any atom is 0.165 e. The van der Waals surface area contributed by atoms with Crippen LogP contribution in [-0.4, -0.2) is 24.4 Å². The average Bonchev–Trinajstić information content (AvgIpc) is 2.47. The Morgan fingerprint density at radius 3 is 2.35 bits per heavy atom. The molecule has 0 aliphatic carbocycles. The summed E-state index contributed by atoms with van der Waals surface area (Å²) in [6.45, 7) is 0. The van der Waals surface area contributed by atoms with E-state index in [4.69, 9.17) is 9.47 Å². The van der Waals surface area contributed by atoms with Crippen molar-refractivity contribution in [3.63, 3.8) is 0 Å². The number of benzene rings is 2. The molecule has 0 fully saturated rings. The van der Waals surface area contributed by atoms with Gasteiger partial charge in [0.1, 0.15) is 0 Å². The molecule has 2 aromatic rings. The van der Waals surface area contributed by atoms with Crippen LogP contribution in [0.4, 0.5) is 0 Å². The van der Waals surface area contributed by atoms with Crippen molar-refractivity contribution in [1.82, 2.24) is 0 Å². The van der Waals surface area contributed by atoms with Crippen molar-refractivity contribution in [1.29, 1.82) is 0 Å². The van der Waals surface area contributed by atoms with Crippen LogP contribution in [0.2, 0.25) is 0 Å². The Kier molecular flexibility index (Phi) is 4.15. The summed E-state index contributed by atoms with van der Waals surface area (Å²) >= 11 is 0. The van der Waals surface area contributed by atoms with Crippen LogP contribution >= 0.6 is 0 Å². The van der Waals surface area contributed by atoms with Gasteiger partial charge in [0.2, 0.25) is 0 Å². The van der Waals surface area contributed by atoms with E-state index in [2.05, 4.69) is 0 Å². The molecule has 0 amide bonds. The molecule has 0 saturated carbocycles. The van der Waals surface area contributed by atoms with E-state index in [0.29, 0.717) is 17.1 Å². The predicted molar refractivity (Wildman–Crippen MR) is 78.2 cm³/mol. The highest BCUT2D eigenvalue weighted by atomic mass is 16.5. The van der Waals surface area contributed by atoms with E-state index in [0.717, 1.165) is 5.56 Å². The summed E-state index contributed by atoms with van der Waals surface area (Å²) in [6, 6.07) is 10.3. The first kappa shape index (κ1) is 13.8. The molecule has 20 heavy (non-hydrogen) atoms. The van der Waals surface area contributed by atoms with E-state index in [9.17, 15) is 10.2 Å². The lowest BCUT2D eigenvalue weighted by molar-refractivity contribution is 0.373. The molecule has 0 bridgehead atoms. The van der Waals surface area contributed by atoms with Gasteiger partial charge in [-0.15, -0.1) is 0 Å². The van der Waals surface area contributed by atoms with Crippen molar-refractivity contribution in [2.24, 2.45) is 0 Å². The van der Waals surface area contributed by atoms with Crippen molar-refractivity contribution in [2.45, 2.75) is 0 Å². The van der Waals surface area contributed by atoms with Crippen LogP contribution in [0.1, 0.15) is 11.1 Å². The minimum absolute atomic E-state index is 0.0916. The van der Waals surface area contributed by atoms with Gasteiger partial charge in [0, 0.05) is 5.56 Å². The van der Waals surface area contributed by atoms with Crippen molar-refractivity contribution in [3.05, 3.63) is 47.5 Å². The Morgan fingerprint density at radius 2 is 1.65 bits per heavy atom. The molecule has 0 atom stereocenters. The van der Waals surface area contributed by atoms with Crippen LogP contribution in [-0.2, 0) is 0 Å². The standard InChI is InChI=1S/C16H16O4/c1-19-14-5-3-4-12(16(14)18)8-6-11-7-9-13(17)15(10-11)20-2/h3-10,17-18H,1-2H3. The number of hydrogen-bond acceptors (Lipinski definition) is 4. The monoisotopic (exact) mass is 272 g/mol. The van der Waals surface area contributed by atoms with Gasteiger partial charge in [-0.1, -0.05) is 30.4 Å². The van der Waals surface area contributed by atoms with Crippen LogP contribution in [0.15, 0.2) is 36.4 Å². The summed E-state index contributed by atoms with van der Waals surface area (Å²) < 4.78 is 10.1. The molecule has 4 heteroatoms. The van der Waals surface area contributed by atoms with E-state index in [1.54, 1.807) is 42.5 Å². The zero-order valence-corrected chi connectivity index (χ0v) is 11.3. The maximum absolute atomic E-state index is 9.97. The Morgan fingerprint density at radius 1 is 0.900 bits per heavy atom. The number of para-hydroxylation sites is 1. The number of ether oxygens (including phenoxy) is 2. The molecular formula is C16H16O4. The lowest BCUT2D eigenvalue weighted by atomic mass is 10.1. The second kappa shape index (κ2) is 6.02. The Hall–Kier alpha value is -2.62. The van der Waals surface area contributed by atoms with E-state index in [-0.39, 0.29) is 11.5 Å². The third-order valence-corrected chi connectivity index (χ3v) is 2.91. The van der Waals surface area contributed by atoms with E-state index >= 15 is 0 Å². The summed E-state index contributed by atoms with van der Waals surface area (Å²) in [5, 5.41) is 19.5. The Labute approximate surface area is 117 Å². The molecule has 0 radical (unpaired) electrons. The fourth-order valence-corrected chi connectivity index (χ4v) is 1.82. The topological polar surface area (TPSA) is 58.9 Å². The van der Waals surface area contributed by atoms with Crippen molar-refractivity contribution in [3.8, 4) is 23.0 Å². The quantitative estimate of drug-likeness (QED) is 0.838. The van der Waals surface area contributed by atoms with Gasteiger partial charge in [0.05, 0.1) is 14.2 Å². The summed E-state index contributed by atoms with van der Waals surface area (Å²) in [7, 11) is 3.00. The van der Waals surface area contributed by atoms with Gasteiger partial charge in [0.25, 0.3) is 0 Å². The molecule has 0 spiro atoms. The summed E-state index contributed by atoms with van der Waals surface area (Å²) in [4.78, 5) is 0. The largest absolute Gasteiger partial charge is 0.504 e. The normalized spacial score (nSPS) is 10.7. The second-order valence-corrected chi connectivity index (χ2v) is 4.16. The van der Waals surface area contributed by atoms with Gasteiger partial charge in [-0.2, -0.15) is 0 Å². The van der Waals surface area contributed by atoms with Crippen LogP contribution in [0.3, 0.4) is 0 Å². The molecule has 0 aliphatic rings. The first-order chi connectivity index (χ1) is 9.65. The van der Waals surface area contributed by atoms with Gasteiger partial charge >= 0.3 is 0 Å². The zero-order chi connectivity index (χ0) is 14.5. The first-order valence-corrected chi connectivity index (χ1v) is 6.06. The first-order valence-electron chi connectivity index (χ1n) is 6.06. The number of phenols is 2. The van der Waals surface area contributed by atoms with Gasteiger partial charge in [-0.25, -0.2) is 0 Å². The molecule has 2 aromatic carbocycles. The smallest absolute Gasteiger partial charge is 0.165 e. The molecule has 4 nitrogen and oxygen atoms in total. The lowest BCUT2D eigenvalue weighted by Gasteiger charge is -2.06. The van der Waals surface area contributed by atoms with Crippen molar-refractivity contribution < 1.29 is 19.7 Å². The number of rotatable bonds is 4. The highest BCUT2D eigenvalue weighted by Crippen LogP contribution is 2.31. The van der Waals surface area contributed by atoms with Crippen LogP contribution < -0.4 is 9.47 Å². The van der Waals surface area contributed by atoms with Gasteiger partial charge in [-0.05, 0) is 23.8 Å². The van der Waals surface area contributed by atoms with Crippen LogP contribution in [0.25, 0.3) is 12.2 Å². The molecule has 2 rings (SSSR count). The van der Waals surface area contributed by atoms with E-state index in [1.165, 1.54) is 14.2 Å². The summed E-state index contributed by atoms with van der Waals surface area (Å²) in [5.41, 5.74) is 1.50. The van der Waals surface area contributed by atoms with E-state index in [1.807, 2.05) is 6.08 Å². The molecule has 2 N–H and O–H groups in total. The molecule has 104 valence electrons. The van der Waals surface area contributed by atoms with Crippen LogP contribution in [0.5, 0.6) is 23.0 Å². The van der Waals surface area contributed by atoms with Crippen molar-refractivity contribution >= 4 is 12.2 Å². The number of phenolic OH excluding ortho intramolecular Hbond substituents is 2. The minimum atomic E-state index is 0.0916. The average molecular weight is 272 g/mol. The maximum atomic E-state index is 9.97. The minimum Gasteiger partial charge on any atom is -0.504 e. The van der Waals surface area contributed by atoms with Gasteiger partial charge in [-0.3, -0.25) is 0 Å². The molecular weight excluding hydrogens is 256 g/mol. The Bertz CT molecular complexity index is 632. The Balaban J connectivity index is 2.30. The fraction of sp³-hybridized carbons (Fsp3) is 0.125.